The van der Waals surface area contributed by atoms with E-state index in [1.807, 2.05) is 12.1 Å². The van der Waals surface area contributed by atoms with Crippen molar-refractivity contribution in [2.24, 2.45) is 5.73 Å². The van der Waals surface area contributed by atoms with Crippen LogP contribution in [0.25, 0.3) is 0 Å². The first kappa shape index (κ1) is 16.4. The predicted octanol–water partition coefficient (Wildman–Crippen LogP) is 2.93. The van der Waals surface area contributed by atoms with Crippen molar-refractivity contribution < 1.29 is 9.13 Å². The smallest absolute Gasteiger partial charge is 0.123 e. The second-order valence-corrected chi connectivity index (χ2v) is 7.27. The van der Waals surface area contributed by atoms with Crippen LogP contribution < -0.4 is 5.73 Å². The molecule has 1 heterocycles. The van der Waals surface area contributed by atoms with Crippen LogP contribution in [0.4, 0.5) is 4.39 Å². The molecule has 21 heavy (non-hydrogen) atoms. The Morgan fingerprint density at radius 2 is 1.76 bits per heavy atom. The lowest BCUT2D eigenvalue weighted by molar-refractivity contribution is -0.101. The van der Waals surface area contributed by atoms with Gasteiger partial charge >= 0.3 is 0 Å². The summed E-state index contributed by atoms with van der Waals surface area (Å²) in [7, 11) is 2.07. The molecule has 0 spiro atoms. The van der Waals surface area contributed by atoms with E-state index in [0.717, 1.165) is 18.5 Å². The number of benzene rings is 1. The number of halogens is 1. The molecule has 1 atom stereocenters. The van der Waals surface area contributed by atoms with Crippen LogP contribution in [0.1, 0.15) is 39.7 Å². The Morgan fingerprint density at radius 1 is 1.19 bits per heavy atom. The average molecular weight is 294 g/mol. The van der Waals surface area contributed by atoms with E-state index in [1.54, 1.807) is 0 Å². The van der Waals surface area contributed by atoms with Crippen LogP contribution in [0.2, 0.25) is 0 Å². The molecule has 4 heteroatoms. The van der Waals surface area contributed by atoms with Gasteiger partial charge in [-0.15, -0.1) is 0 Å². The van der Waals surface area contributed by atoms with Gasteiger partial charge in [0.1, 0.15) is 5.82 Å². The van der Waals surface area contributed by atoms with Crippen LogP contribution in [-0.4, -0.2) is 35.2 Å². The molecule has 1 unspecified atom stereocenters. The first-order chi connectivity index (χ1) is 9.62. The largest absolute Gasteiger partial charge is 0.368 e. The molecule has 1 aromatic carbocycles. The van der Waals surface area contributed by atoms with Gasteiger partial charge in [-0.25, -0.2) is 4.39 Å². The molecule has 1 aromatic rings. The predicted molar refractivity (Wildman–Crippen MR) is 83.5 cm³/mol. The summed E-state index contributed by atoms with van der Waals surface area (Å²) in [5.41, 5.74) is 6.48. The third-order valence-corrected chi connectivity index (χ3v) is 4.77. The number of nitrogens with two attached hydrogens (primary N) is 1. The Balaban J connectivity index is 2.26. The molecule has 2 rings (SSSR count). The number of ether oxygens (including phenoxy) is 1. The summed E-state index contributed by atoms with van der Waals surface area (Å²) in [6.45, 7) is 9.68. The van der Waals surface area contributed by atoms with Crippen molar-refractivity contribution in [3.05, 3.63) is 35.6 Å². The van der Waals surface area contributed by atoms with Crippen molar-refractivity contribution in [3.8, 4) is 0 Å². The molecule has 0 amide bonds. The van der Waals surface area contributed by atoms with Gasteiger partial charge in [0.2, 0.25) is 0 Å². The fourth-order valence-electron chi connectivity index (χ4n) is 3.82. The quantitative estimate of drug-likeness (QED) is 0.928. The molecule has 0 aromatic heterocycles. The highest BCUT2D eigenvalue weighted by molar-refractivity contribution is 5.19. The van der Waals surface area contributed by atoms with Gasteiger partial charge in [0.25, 0.3) is 0 Å². The Hall–Kier alpha value is -0.970. The first-order valence-electron chi connectivity index (χ1n) is 7.48. The molecule has 118 valence electrons. The number of hydrogen-bond acceptors (Lipinski definition) is 3. The minimum Gasteiger partial charge on any atom is -0.368 e. The molecule has 1 aliphatic rings. The van der Waals surface area contributed by atoms with Crippen LogP contribution in [-0.2, 0) is 11.3 Å². The van der Waals surface area contributed by atoms with Gasteiger partial charge < -0.3 is 10.5 Å². The molecule has 3 nitrogen and oxygen atoms in total. The van der Waals surface area contributed by atoms with E-state index >= 15 is 0 Å². The molecule has 2 N–H and O–H groups in total. The first-order valence-corrected chi connectivity index (χ1v) is 7.48. The highest BCUT2D eigenvalue weighted by Crippen LogP contribution is 2.47. The third-order valence-electron chi connectivity index (χ3n) is 4.77. The maximum atomic E-state index is 13.0. The van der Waals surface area contributed by atoms with Gasteiger partial charge in [0.05, 0.1) is 16.7 Å². The van der Waals surface area contributed by atoms with Gasteiger partial charge in [-0.2, -0.15) is 0 Å². The van der Waals surface area contributed by atoms with E-state index in [9.17, 15) is 4.39 Å². The minimum atomic E-state index is -0.333. The van der Waals surface area contributed by atoms with E-state index in [2.05, 4.69) is 39.6 Å². The highest BCUT2D eigenvalue weighted by Gasteiger charge is 2.58. The van der Waals surface area contributed by atoms with Gasteiger partial charge in [0.15, 0.2) is 0 Å². The zero-order valence-electron chi connectivity index (χ0n) is 13.7. The second kappa shape index (κ2) is 5.34. The summed E-state index contributed by atoms with van der Waals surface area (Å²) in [5, 5.41) is 0. The Kier molecular flexibility index (Phi) is 4.17. The topological polar surface area (TPSA) is 38.5 Å². The van der Waals surface area contributed by atoms with Crippen molar-refractivity contribution >= 4 is 0 Å². The Morgan fingerprint density at radius 3 is 2.19 bits per heavy atom. The molecule has 1 fully saturated rings. The zero-order chi connectivity index (χ0) is 15.9. The number of nitrogens with zero attached hydrogens (tertiary/aromatic N) is 1. The lowest BCUT2D eigenvalue weighted by atomic mass is 9.77. The lowest BCUT2D eigenvalue weighted by Crippen LogP contribution is -2.61. The maximum absolute atomic E-state index is 13.0. The van der Waals surface area contributed by atoms with Crippen molar-refractivity contribution in [1.82, 2.24) is 4.90 Å². The number of likely N-dealkylation sites (N-methyl/N-ethyl adjacent to an activating group) is 1. The second-order valence-electron chi connectivity index (χ2n) is 7.27. The number of rotatable bonds is 4. The van der Waals surface area contributed by atoms with E-state index in [0.29, 0.717) is 6.54 Å². The monoisotopic (exact) mass is 294 g/mol. The Labute approximate surface area is 127 Å². The molecule has 1 aliphatic heterocycles. The van der Waals surface area contributed by atoms with Crippen molar-refractivity contribution in [1.29, 1.82) is 0 Å². The van der Waals surface area contributed by atoms with Crippen molar-refractivity contribution in [2.45, 2.75) is 57.4 Å². The molecule has 0 bridgehead atoms. The SMILES string of the molecule is CN(Cc1ccc(F)cc1)C1(CN)CC(C)(C)OC1(C)C. The average Bonchev–Trinajstić information content (AvgIpc) is 2.57. The third kappa shape index (κ3) is 2.98. The molecule has 0 radical (unpaired) electrons. The highest BCUT2D eigenvalue weighted by atomic mass is 19.1. The van der Waals surface area contributed by atoms with Gasteiger partial charge in [-0.1, -0.05) is 12.1 Å². The number of hydrogen-bond donors (Lipinski definition) is 1. The summed E-state index contributed by atoms with van der Waals surface area (Å²) >= 11 is 0. The van der Waals surface area contributed by atoms with Gasteiger partial charge in [0, 0.05) is 13.1 Å². The Bertz CT molecular complexity index is 498. The molecule has 1 saturated heterocycles. The zero-order valence-corrected chi connectivity index (χ0v) is 13.7. The summed E-state index contributed by atoms with van der Waals surface area (Å²) in [6.07, 6.45) is 0.876. The van der Waals surface area contributed by atoms with E-state index in [-0.39, 0.29) is 22.6 Å². The van der Waals surface area contributed by atoms with Crippen LogP contribution in [0.3, 0.4) is 0 Å². The maximum Gasteiger partial charge on any atom is 0.123 e. The standard InChI is InChI=1S/C17H27FN2O/c1-15(2)11-17(12-19,16(3,4)21-15)20(5)10-13-6-8-14(18)9-7-13/h6-9H,10-12,19H2,1-5H3. The van der Waals surface area contributed by atoms with Crippen molar-refractivity contribution in [2.75, 3.05) is 13.6 Å². The summed E-state index contributed by atoms with van der Waals surface area (Å²) in [5.74, 6) is -0.208. The van der Waals surface area contributed by atoms with Gasteiger partial charge in [-0.3, -0.25) is 4.90 Å². The van der Waals surface area contributed by atoms with Crippen molar-refractivity contribution in [3.63, 3.8) is 0 Å². The minimum absolute atomic E-state index is 0.195. The lowest BCUT2D eigenvalue weighted by Gasteiger charge is -2.46. The summed E-state index contributed by atoms with van der Waals surface area (Å²) in [4.78, 5) is 2.26. The van der Waals surface area contributed by atoms with Crippen LogP contribution in [0, 0.1) is 5.82 Å². The van der Waals surface area contributed by atoms with Crippen LogP contribution in [0.15, 0.2) is 24.3 Å². The van der Waals surface area contributed by atoms with Gasteiger partial charge in [-0.05, 0) is 58.9 Å². The van der Waals surface area contributed by atoms with Crippen LogP contribution in [0.5, 0.6) is 0 Å². The fourth-order valence-corrected chi connectivity index (χ4v) is 3.82. The van der Waals surface area contributed by atoms with E-state index in [1.165, 1.54) is 12.1 Å². The molecular weight excluding hydrogens is 267 g/mol. The normalized spacial score (nSPS) is 27.2. The molecule has 0 saturated carbocycles. The fraction of sp³-hybridized carbons (Fsp3) is 0.647. The van der Waals surface area contributed by atoms with E-state index < -0.39 is 0 Å². The van der Waals surface area contributed by atoms with E-state index in [4.69, 9.17) is 10.5 Å². The molecular formula is C17H27FN2O. The van der Waals surface area contributed by atoms with Crippen LogP contribution >= 0.6 is 0 Å². The molecule has 0 aliphatic carbocycles. The summed E-state index contributed by atoms with van der Waals surface area (Å²) in [6, 6.07) is 6.64. The summed E-state index contributed by atoms with van der Waals surface area (Å²) < 4.78 is 19.3.